The molecule has 1 fully saturated rings. The topological polar surface area (TPSA) is 75.3 Å². The summed E-state index contributed by atoms with van der Waals surface area (Å²) in [7, 11) is 0. The summed E-state index contributed by atoms with van der Waals surface area (Å²) in [5.74, 6) is -9.32. The third-order valence-corrected chi connectivity index (χ3v) is 8.27. The molecule has 0 spiro atoms. The van der Waals surface area contributed by atoms with Crippen LogP contribution < -0.4 is 10.6 Å². The van der Waals surface area contributed by atoms with Crippen LogP contribution in [0, 0.1) is 23.4 Å². The molecule has 2 amide bonds. The molecule has 1 saturated carbocycles. The van der Waals surface area contributed by atoms with Gasteiger partial charge in [0, 0.05) is 23.6 Å². The molecule has 3 aromatic carbocycles. The summed E-state index contributed by atoms with van der Waals surface area (Å²) in [6, 6.07) is 7.78. The summed E-state index contributed by atoms with van der Waals surface area (Å²) < 4.78 is 67.1. The van der Waals surface area contributed by atoms with Crippen molar-refractivity contribution in [1.82, 2.24) is 0 Å². The highest BCUT2D eigenvalue weighted by atomic mass is 35.5. The van der Waals surface area contributed by atoms with Crippen LogP contribution >= 0.6 is 58.0 Å². The number of amides is 2. The van der Waals surface area contributed by atoms with Crippen LogP contribution in [-0.4, -0.2) is 28.4 Å². The van der Waals surface area contributed by atoms with E-state index in [0.717, 1.165) is 18.2 Å². The Balaban J connectivity index is 1.55. The maximum atomic E-state index is 14.8. The summed E-state index contributed by atoms with van der Waals surface area (Å²) in [6.07, 6.45) is -4.74. The molecule has 41 heavy (non-hydrogen) atoms. The maximum absolute atomic E-state index is 14.8. The molecule has 2 atom stereocenters. The third kappa shape index (κ3) is 6.41. The Kier molecular flexibility index (Phi) is 9.11. The minimum atomic E-state index is -3.47. The van der Waals surface area contributed by atoms with Gasteiger partial charge in [0.2, 0.25) is 11.7 Å². The third-order valence-electron chi connectivity index (χ3n) is 6.21. The van der Waals surface area contributed by atoms with Crippen LogP contribution in [0.25, 0.3) is 0 Å². The minimum Gasteiger partial charge on any atom is -0.326 e. The first-order chi connectivity index (χ1) is 19.1. The van der Waals surface area contributed by atoms with Crippen LogP contribution in [-0.2, 0) is 16.0 Å². The van der Waals surface area contributed by atoms with E-state index in [4.69, 9.17) is 58.0 Å². The molecule has 2 N–H and O–H groups in total. The Morgan fingerprint density at radius 2 is 1.56 bits per heavy atom. The smallest absolute Gasteiger partial charge is 0.296 e. The molecular weight excluding hydrogens is 661 g/mol. The molecular formula is C26H14Cl5F5N2O3. The number of halogens is 10. The zero-order chi connectivity index (χ0) is 30.4. The lowest BCUT2D eigenvalue weighted by molar-refractivity contribution is -0.128. The van der Waals surface area contributed by atoms with Gasteiger partial charge in [-0.1, -0.05) is 40.9 Å². The van der Waals surface area contributed by atoms with Crippen LogP contribution in [0.15, 0.2) is 42.5 Å². The number of carbonyl (C=O) groups excluding carboxylic acids is 3. The van der Waals surface area contributed by atoms with Crippen LogP contribution in [0.3, 0.4) is 0 Å². The molecule has 0 heterocycles. The number of rotatable bonds is 8. The molecule has 0 unspecified atom stereocenters. The lowest BCUT2D eigenvalue weighted by Crippen LogP contribution is -2.20. The van der Waals surface area contributed by atoms with Gasteiger partial charge in [0.15, 0.2) is 5.82 Å². The van der Waals surface area contributed by atoms with Gasteiger partial charge in [-0.25, -0.2) is 22.0 Å². The molecule has 3 aromatic rings. The molecule has 0 aliphatic heterocycles. The van der Waals surface area contributed by atoms with E-state index in [1.807, 2.05) is 5.32 Å². The number of ketones is 1. The second-order valence-corrected chi connectivity index (χ2v) is 11.5. The Bertz CT molecular complexity index is 1590. The lowest BCUT2D eigenvalue weighted by atomic mass is 10.1. The first-order valence-corrected chi connectivity index (χ1v) is 13.2. The predicted molar refractivity (Wildman–Crippen MR) is 146 cm³/mol. The lowest BCUT2D eigenvalue weighted by Gasteiger charge is -2.13. The normalized spacial score (nSPS) is 17.3. The number of alkyl halides is 4. The van der Waals surface area contributed by atoms with Gasteiger partial charge >= 0.3 is 0 Å². The van der Waals surface area contributed by atoms with Gasteiger partial charge in [0.1, 0.15) is 16.0 Å². The van der Waals surface area contributed by atoms with Gasteiger partial charge < -0.3 is 10.6 Å². The number of anilines is 2. The van der Waals surface area contributed by atoms with E-state index in [9.17, 15) is 36.3 Å². The van der Waals surface area contributed by atoms with Crippen molar-refractivity contribution in [2.24, 2.45) is 5.92 Å². The SMILES string of the molecule is O=C(Nc1ccc(F)c(CC(=O)C(F)F)c1F)c1cc(NC(=O)[C@H]2[C@H](c3ccc(Cl)c(Cl)c3)C2(Cl)Cl)cc(F)c1Cl. The van der Waals surface area contributed by atoms with Gasteiger partial charge in [-0.05, 0) is 42.0 Å². The fraction of sp³-hybridized carbons (Fsp3) is 0.192. The first-order valence-electron chi connectivity index (χ1n) is 11.3. The second kappa shape index (κ2) is 11.9. The summed E-state index contributed by atoms with van der Waals surface area (Å²) in [4.78, 5) is 37.2. The van der Waals surface area contributed by atoms with Gasteiger partial charge in [-0.2, -0.15) is 0 Å². The zero-order valence-corrected chi connectivity index (χ0v) is 23.8. The summed E-state index contributed by atoms with van der Waals surface area (Å²) in [5.41, 5.74) is -2.00. The maximum Gasteiger partial charge on any atom is 0.296 e. The van der Waals surface area contributed by atoms with Crippen molar-refractivity contribution < 1.29 is 36.3 Å². The zero-order valence-electron chi connectivity index (χ0n) is 20.0. The summed E-state index contributed by atoms with van der Waals surface area (Å²) in [5, 5.41) is 4.19. The number of hydrogen-bond donors (Lipinski definition) is 2. The summed E-state index contributed by atoms with van der Waals surface area (Å²) in [6.45, 7) is 0. The number of benzene rings is 3. The Morgan fingerprint density at radius 3 is 2.20 bits per heavy atom. The molecule has 0 saturated heterocycles. The number of hydrogen-bond acceptors (Lipinski definition) is 3. The van der Waals surface area contributed by atoms with Crippen molar-refractivity contribution in [2.75, 3.05) is 10.6 Å². The monoisotopic (exact) mass is 672 g/mol. The minimum absolute atomic E-state index is 0.208. The number of carbonyl (C=O) groups is 3. The van der Waals surface area contributed by atoms with E-state index >= 15 is 0 Å². The molecule has 1 aliphatic carbocycles. The first kappa shape index (κ1) is 31.3. The molecule has 5 nitrogen and oxygen atoms in total. The van der Waals surface area contributed by atoms with Crippen molar-refractivity contribution in [2.45, 2.75) is 23.1 Å². The quantitative estimate of drug-likeness (QED) is 0.187. The fourth-order valence-electron chi connectivity index (χ4n) is 4.12. The van der Waals surface area contributed by atoms with E-state index in [2.05, 4.69) is 5.32 Å². The number of Topliss-reactive ketones (excluding diaryl/α,β-unsaturated/α-hetero) is 1. The van der Waals surface area contributed by atoms with Gasteiger partial charge in [-0.3, -0.25) is 14.4 Å². The van der Waals surface area contributed by atoms with Gasteiger partial charge in [-0.15, -0.1) is 23.2 Å². The standard InChI is InChI=1S/C26H14Cl5F5N2O3/c27-13-2-1-9(5-14(13)28)19-20(26(19,30)31)25(41)37-10-6-12(21(29)16(33)7-10)24(40)38-17-4-3-15(32)11(22(17)34)8-18(39)23(35)36/h1-7,19-20,23H,8H2,(H,37,41)(H,38,40)/t19-,20+/m0/s1. The summed E-state index contributed by atoms with van der Waals surface area (Å²) >= 11 is 30.5. The van der Waals surface area contributed by atoms with Crippen LogP contribution in [0.2, 0.25) is 15.1 Å². The van der Waals surface area contributed by atoms with E-state index in [1.54, 1.807) is 6.07 Å². The van der Waals surface area contributed by atoms with Gasteiger partial charge in [0.05, 0.1) is 32.2 Å². The van der Waals surface area contributed by atoms with Crippen molar-refractivity contribution in [3.05, 3.63) is 91.7 Å². The van der Waals surface area contributed by atoms with E-state index in [1.165, 1.54) is 12.1 Å². The van der Waals surface area contributed by atoms with Crippen molar-refractivity contribution in [1.29, 1.82) is 0 Å². The Hall–Kier alpha value is -2.63. The molecule has 216 valence electrons. The molecule has 15 heteroatoms. The van der Waals surface area contributed by atoms with Crippen LogP contribution in [0.5, 0.6) is 0 Å². The molecule has 0 aromatic heterocycles. The highest BCUT2D eigenvalue weighted by Gasteiger charge is 2.67. The molecule has 0 bridgehead atoms. The molecule has 1 aliphatic rings. The van der Waals surface area contributed by atoms with E-state index < -0.39 is 85.9 Å². The van der Waals surface area contributed by atoms with E-state index in [-0.39, 0.29) is 15.7 Å². The Morgan fingerprint density at radius 1 is 0.878 bits per heavy atom. The van der Waals surface area contributed by atoms with Crippen molar-refractivity contribution in [3.63, 3.8) is 0 Å². The average molecular weight is 675 g/mol. The van der Waals surface area contributed by atoms with Gasteiger partial charge in [0.25, 0.3) is 12.3 Å². The fourth-order valence-corrected chi connectivity index (χ4v) is 5.45. The second-order valence-electron chi connectivity index (χ2n) is 8.90. The molecule has 0 radical (unpaired) electrons. The average Bonchev–Trinajstić information content (AvgIpc) is 3.48. The highest BCUT2D eigenvalue weighted by molar-refractivity contribution is 6.53. The highest BCUT2D eigenvalue weighted by Crippen LogP contribution is 2.65. The van der Waals surface area contributed by atoms with Crippen molar-refractivity contribution >= 4 is 87.0 Å². The van der Waals surface area contributed by atoms with Crippen LogP contribution in [0.4, 0.5) is 33.3 Å². The predicted octanol–water partition coefficient (Wildman–Crippen LogP) is 8.22. The molecule has 4 rings (SSSR count). The van der Waals surface area contributed by atoms with Crippen molar-refractivity contribution in [3.8, 4) is 0 Å². The largest absolute Gasteiger partial charge is 0.326 e. The number of nitrogens with one attached hydrogen (secondary N) is 2. The van der Waals surface area contributed by atoms with E-state index in [0.29, 0.717) is 11.6 Å². The Labute approximate surface area is 253 Å². The van der Waals surface area contributed by atoms with Crippen LogP contribution in [0.1, 0.15) is 27.4 Å².